The SMILES string of the molecule is CC/C=C\C/C=C\C/C=C\C/C=C\C/C=C\CC(=O)OC(COCCCCCCCCCC/C=C\C/C=C\CCCCC)COP(=O)(O)OCC[N+](C)(C)C. The van der Waals surface area contributed by atoms with Crippen LogP contribution in [-0.2, 0) is 27.9 Å². The van der Waals surface area contributed by atoms with Crippen LogP contribution in [0.25, 0.3) is 0 Å². The summed E-state index contributed by atoms with van der Waals surface area (Å²) in [6, 6.07) is 0. The molecule has 0 aliphatic heterocycles. The Kier molecular flexibility index (Phi) is 36.9. The van der Waals surface area contributed by atoms with Gasteiger partial charge in [-0.15, -0.1) is 0 Å². The predicted molar refractivity (Wildman–Crippen MR) is 233 cm³/mol. The lowest BCUT2D eigenvalue weighted by Gasteiger charge is -2.24. The summed E-state index contributed by atoms with van der Waals surface area (Å²) in [4.78, 5) is 22.8. The minimum absolute atomic E-state index is 0.0665. The highest BCUT2D eigenvalue weighted by Gasteiger charge is 2.26. The quantitative estimate of drug-likeness (QED) is 0.0219. The van der Waals surface area contributed by atoms with E-state index in [1.54, 1.807) is 6.08 Å². The molecule has 0 saturated heterocycles. The van der Waals surface area contributed by atoms with Crippen LogP contribution in [0, 0.1) is 0 Å². The molecular weight excluding hydrogens is 709 g/mol. The molecule has 0 heterocycles. The second kappa shape index (κ2) is 38.5. The van der Waals surface area contributed by atoms with E-state index in [0.29, 0.717) is 24.1 Å². The number of quaternary nitrogens is 1. The van der Waals surface area contributed by atoms with Crippen LogP contribution in [0.2, 0.25) is 0 Å². The van der Waals surface area contributed by atoms with E-state index in [1.165, 1.54) is 70.6 Å². The van der Waals surface area contributed by atoms with Crippen LogP contribution in [0.3, 0.4) is 0 Å². The number of rotatable bonds is 38. The first-order valence-corrected chi connectivity index (χ1v) is 22.8. The van der Waals surface area contributed by atoms with E-state index in [4.69, 9.17) is 18.5 Å². The van der Waals surface area contributed by atoms with Gasteiger partial charge < -0.3 is 18.9 Å². The van der Waals surface area contributed by atoms with E-state index in [0.717, 1.165) is 44.9 Å². The fourth-order valence-electron chi connectivity index (χ4n) is 5.19. The second-order valence-electron chi connectivity index (χ2n) is 15.0. The topological polar surface area (TPSA) is 91.3 Å². The highest BCUT2D eigenvalue weighted by Crippen LogP contribution is 2.43. The maximum absolute atomic E-state index is 12.6. The lowest BCUT2D eigenvalue weighted by molar-refractivity contribution is -0.870. The van der Waals surface area contributed by atoms with Gasteiger partial charge in [0.1, 0.15) is 19.3 Å². The number of phosphoric acid groups is 1. The molecule has 0 aliphatic carbocycles. The van der Waals surface area contributed by atoms with Gasteiger partial charge in [-0.05, 0) is 70.6 Å². The number of allylic oxidation sites excluding steroid dienone is 13. The molecule has 2 atom stereocenters. The van der Waals surface area contributed by atoms with E-state index in [-0.39, 0.29) is 26.2 Å². The van der Waals surface area contributed by atoms with Crippen molar-refractivity contribution in [1.82, 2.24) is 0 Å². The molecule has 0 aromatic rings. The average Bonchev–Trinajstić information content (AvgIpc) is 3.13. The van der Waals surface area contributed by atoms with Crippen molar-refractivity contribution in [2.24, 2.45) is 0 Å². The molecule has 55 heavy (non-hydrogen) atoms. The molecule has 9 heteroatoms. The number of nitrogens with zero attached hydrogens (tertiary/aromatic N) is 1. The summed E-state index contributed by atoms with van der Waals surface area (Å²) in [5.41, 5.74) is 0. The standard InChI is InChI=1S/C46H80NO7P/c1-6-8-10-12-14-16-18-20-22-23-24-26-28-30-32-34-36-38-41-51-43-45(44-53-55(49,50)52-42-40-47(3,4)5)54-46(48)39-37-35-33-31-29-27-25-21-19-17-15-13-11-9-7-2/h9,11,14-17,20-22,25,29,31,35,37,45H,6-8,10,12-13,18-19,23-24,26-28,30,32-34,36,38-44H2,1-5H3/p+1/b11-9-,16-14-,17-15-,22-20-,25-21-,31-29-,37-35-. The summed E-state index contributed by atoms with van der Waals surface area (Å²) in [6.45, 7) is 5.31. The number of ether oxygens (including phenoxy) is 2. The van der Waals surface area contributed by atoms with E-state index in [1.807, 2.05) is 27.2 Å². The molecule has 0 bridgehead atoms. The van der Waals surface area contributed by atoms with E-state index >= 15 is 0 Å². The van der Waals surface area contributed by atoms with Crippen molar-refractivity contribution in [2.75, 3.05) is 54.1 Å². The van der Waals surface area contributed by atoms with Crippen molar-refractivity contribution in [3.8, 4) is 0 Å². The summed E-state index contributed by atoms with van der Waals surface area (Å²) >= 11 is 0. The van der Waals surface area contributed by atoms with Crippen LogP contribution in [0.15, 0.2) is 85.1 Å². The van der Waals surface area contributed by atoms with Crippen LogP contribution >= 0.6 is 7.82 Å². The second-order valence-corrected chi connectivity index (χ2v) is 16.5. The molecule has 0 spiro atoms. The summed E-state index contributed by atoms with van der Waals surface area (Å²) in [7, 11) is 1.59. The van der Waals surface area contributed by atoms with Gasteiger partial charge in [-0.25, -0.2) is 4.57 Å². The monoisotopic (exact) mass is 791 g/mol. The number of esters is 1. The minimum Gasteiger partial charge on any atom is -0.457 e. The molecule has 8 nitrogen and oxygen atoms in total. The number of hydrogen-bond acceptors (Lipinski definition) is 6. The van der Waals surface area contributed by atoms with Crippen molar-refractivity contribution < 1.29 is 37.3 Å². The minimum atomic E-state index is -4.30. The number of carbonyl (C=O) groups is 1. The Hall–Kier alpha value is -2.32. The van der Waals surface area contributed by atoms with Gasteiger partial charge in [0.2, 0.25) is 0 Å². The third kappa shape index (κ3) is 42.7. The van der Waals surface area contributed by atoms with Crippen LogP contribution in [0.5, 0.6) is 0 Å². The Balaban J connectivity index is 4.39. The van der Waals surface area contributed by atoms with Crippen molar-refractivity contribution >= 4 is 13.8 Å². The van der Waals surface area contributed by atoms with Gasteiger partial charge in [-0.1, -0.05) is 150 Å². The first kappa shape index (κ1) is 52.7. The van der Waals surface area contributed by atoms with Gasteiger partial charge in [0, 0.05) is 6.61 Å². The molecule has 0 aromatic carbocycles. The summed E-state index contributed by atoms with van der Waals surface area (Å²) in [5.74, 6) is -0.446. The largest absolute Gasteiger partial charge is 0.472 e. The van der Waals surface area contributed by atoms with Gasteiger partial charge >= 0.3 is 13.8 Å². The molecule has 316 valence electrons. The molecule has 0 aromatic heterocycles. The Bertz CT molecular complexity index is 1150. The van der Waals surface area contributed by atoms with Gasteiger partial charge in [-0.2, -0.15) is 0 Å². The summed E-state index contributed by atoms with van der Waals surface area (Å²) < 4.78 is 34.8. The fraction of sp³-hybridized carbons (Fsp3) is 0.674. The number of hydrogen-bond donors (Lipinski definition) is 1. The molecule has 0 aliphatic rings. The van der Waals surface area contributed by atoms with Gasteiger partial charge in [-0.3, -0.25) is 13.8 Å². The lowest BCUT2D eigenvalue weighted by atomic mass is 10.1. The van der Waals surface area contributed by atoms with E-state index in [2.05, 4.69) is 86.8 Å². The van der Waals surface area contributed by atoms with Crippen LogP contribution < -0.4 is 0 Å². The molecule has 1 N–H and O–H groups in total. The van der Waals surface area contributed by atoms with E-state index in [9.17, 15) is 14.3 Å². The molecule has 2 unspecified atom stereocenters. The zero-order valence-corrected chi connectivity index (χ0v) is 36.5. The number of unbranched alkanes of at least 4 members (excludes halogenated alkanes) is 11. The van der Waals surface area contributed by atoms with Gasteiger partial charge in [0.05, 0.1) is 40.8 Å². The maximum Gasteiger partial charge on any atom is 0.472 e. The van der Waals surface area contributed by atoms with Crippen molar-refractivity contribution in [3.63, 3.8) is 0 Å². The van der Waals surface area contributed by atoms with Crippen molar-refractivity contribution in [3.05, 3.63) is 85.1 Å². The van der Waals surface area contributed by atoms with Crippen molar-refractivity contribution in [2.45, 2.75) is 148 Å². The number of likely N-dealkylation sites (N-methyl/N-ethyl adjacent to an activating group) is 1. The molecule has 0 saturated carbocycles. The Morgan fingerprint density at radius 3 is 1.58 bits per heavy atom. The first-order chi connectivity index (χ1) is 26.6. The molecule has 0 amide bonds. The van der Waals surface area contributed by atoms with Crippen molar-refractivity contribution in [1.29, 1.82) is 0 Å². The first-order valence-electron chi connectivity index (χ1n) is 21.3. The third-order valence-corrected chi connectivity index (χ3v) is 9.46. The summed E-state index contributed by atoms with van der Waals surface area (Å²) in [5, 5.41) is 0. The average molecular weight is 791 g/mol. The van der Waals surface area contributed by atoms with Crippen LogP contribution in [0.4, 0.5) is 0 Å². The maximum atomic E-state index is 12.6. The zero-order valence-electron chi connectivity index (χ0n) is 35.6. The molecular formula is C46H81NO7P+. The normalized spacial score (nSPS) is 14.7. The molecule has 0 rings (SSSR count). The van der Waals surface area contributed by atoms with Gasteiger partial charge in [0.15, 0.2) is 0 Å². The number of phosphoric ester groups is 1. The smallest absolute Gasteiger partial charge is 0.457 e. The Morgan fingerprint density at radius 2 is 1.05 bits per heavy atom. The van der Waals surface area contributed by atoms with E-state index < -0.39 is 19.9 Å². The highest BCUT2D eigenvalue weighted by atomic mass is 31.2. The number of carbonyl (C=O) groups excluding carboxylic acids is 1. The van der Waals surface area contributed by atoms with Crippen LogP contribution in [-0.4, -0.2) is 75.6 Å². The Labute approximate surface area is 337 Å². The molecule has 0 fully saturated rings. The molecule has 0 radical (unpaired) electrons. The van der Waals surface area contributed by atoms with Crippen LogP contribution in [0.1, 0.15) is 142 Å². The fourth-order valence-corrected chi connectivity index (χ4v) is 5.93. The lowest BCUT2D eigenvalue weighted by Crippen LogP contribution is -2.37. The highest BCUT2D eigenvalue weighted by molar-refractivity contribution is 7.47. The third-order valence-electron chi connectivity index (χ3n) is 8.47. The summed E-state index contributed by atoms with van der Waals surface area (Å²) in [6.07, 6.45) is 50.8. The Morgan fingerprint density at radius 1 is 0.582 bits per heavy atom. The zero-order chi connectivity index (χ0) is 40.6. The predicted octanol–water partition coefficient (Wildman–Crippen LogP) is 12.5. The van der Waals surface area contributed by atoms with Gasteiger partial charge in [0.25, 0.3) is 0 Å².